The summed E-state index contributed by atoms with van der Waals surface area (Å²) >= 11 is 2.24. The van der Waals surface area contributed by atoms with E-state index in [1.165, 1.54) is 0 Å². The fraction of sp³-hybridized carbons (Fsp3) is 0.167. The van der Waals surface area contributed by atoms with Gasteiger partial charge >= 0.3 is 0 Å². The summed E-state index contributed by atoms with van der Waals surface area (Å²) < 4.78 is 6.76. The van der Waals surface area contributed by atoms with Gasteiger partial charge in [-0.2, -0.15) is 0 Å². The van der Waals surface area contributed by atoms with Crippen molar-refractivity contribution >= 4 is 22.6 Å². The predicted molar refractivity (Wildman–Crippen MR) is 74.0 cm³/mol. The van der Waals surface area contributed by atoms with Crippen LogP contribution in [0, 0.1) is 3.57 Å². The molecule has 2 rings (SSSR count). The normalized spacial score (nSPS) is 10.2. The lowest BCUT2D eigenvalue weighted by Gasteiger charge is -2.06. The van der Waals surface area contributed by atoms with E-state index in [0.717, 1.165) is 15.0 Å². The third-order valence-electron chi connectivity index (χ3n) is 2.04. The number of ether oxygens (including phenoxy) is 1. The van der Waals surface area contributed by atoms with E-state index in [0.29, 0.717) is 12.4 Å². The zero-order chi connectivity index (χ0) is 12.1. The summed E-state index contributed by atoms with van der Waals surface area (Å²) in [5.74, 6) is 1.28. The molecule has 0 aliphatic carbocycles. The topological polar surface area (TPSA) is 47.0 Å². The predicted octanol–water partition coefficient (Wildman–Crippen LogP) is 2.59. The van der Waals surface area contributed by atoms with Crippen molar-refractivity contribution in [2.75, 3.05) is 7.05 Å². The fourth-order valence-corrected chi connectivity index (χ4v) is 1.87. The Morgan fingerprint density at radius 1 is 1.35 bits per heavy atom. The Kier molecular flexibility index (Phi) is 4.27. The van der Waals surface area contributed by atoms with Crippen LogP contribution in [0.4, 0.5) is 0 Å². The van der Waals surface area contributed by atoms with E-state index < -0.39 is 0 Å². The van der Waals surface area contributed by atoms with E-state index in [-0.39, 0.29) is 0 Å². The third kappa shape index (κ3) is 3.64. The van der Waals surface area contributed by atoms with Crippen molar-refractivity contribution in [3.63, 3.8) is 0 Å². The van der Waals surface area contributed by atoms with Gasteiger partial charge in [-0.3, -0.25) is 4.98 Å². The number of hydrogen-bond donors (Lipinski definition) is 1. The number of halogens is 1. The molecule has 0 amide bonds. The molecule has 0 saturated heterocycles. The van der Waals surface area contributed by atoms with Gasteiger partial charge in [0.1, 0.15) is 5.75 Å². The van der Waals surface area contributed by atoms with Crippen LogP contribution in [0.3, 0.4) is 0 Å². The largest absolute Gasteiger partial charge is 0.437 e. The molecule has 0 aliphatic heterocycles. The zero-order valence-corrected chi connectivity index (χ0v) is 11.5. The molecule has 0 unspecified atom stereocenters. The number of nitrogens with one attached hydrogen (secondary N) is 1. The first-order chi connectivity index (χ1) is 8.28. The highest BCUT2D eigenvalue weighted by atomic mass is 127. The molecule has 0 bridgehead atoms. The van der Waals surface area contributed by atoms with Crippen molar-refractivity contribution in [3.8, 4) is 11.6 Å². The molecule has 0 atom stereocenters. The molecule has 4 nitrogen and oxygen atoms in total. The van der Waals surface area contributed by atoms with E-state index in [9.17, 15) is 0 Å². The molecule has 0 aliphatic rings. The lowest BCUT2D eigenvalue weighted by molar-refractivity contribution is 0.456. The Balaban J connectivity index is 2.15. The maximum Gasteiger partial charge on any atom is 0.238 e. The summed E-state index contributed by atoms with van der Waals surface area (Å²) in [6.07, 6.45) is 3.33. The second-order valence-corrected chi connectivity index (χ2v) is 4.68. The van der Waals surface area contributed by atoms with Gasteiger partial charge in [-0.1, -0.05) is 6.07 Å². The summed E-state index contributed by atoms with van der Waals surface area (Å²) in [5, 5.41) is 3.02. The van der Waals surface area contributed by atoms with Crippen molar-refractivity contribution in [1.82, 2.24) is 15.3 Å². The number of benzene rings is 1. The minimum absolute atomic E-state index is 0.514. The van der Waals surface area contributed by atoms with Gasteiger partial charge in [-0.05, 0) is 47.8 Å². The molecule has 17 heavy (non-hydrogen) atoms. The maximum absolute atomic E-state index is 5.64. The summed E-state index contributed by atoms with van der Waals surface area (Å²) in [6, 6.07) is 7.81. The van der Waals surface area contributed by atoms with Crippen LogP contribution >= 0.6 is 22.6 Å². The molecule has 0 saturated carbocycles. The van der Waals surface area contributed by atoms with Crippen molar-refractivity contribution in [3.05, 3.63) is 45.9 Å². The van der Waals surface area contributed by atoms with Gasteiger partial charge < -0.3 is 10.1 Å². The molecule has 2 aromatic rings. The third-order valence-corrected chi connectivity index (χ3v) is 2.71. The Morgan fingerprint density at radius 3 is 3.00 bits per heavy atom. The van der Waals surface area contributed by atoms with Crippen LogP contribution in [0.1, 0.15) is 5.69 Å². The first-order valence-corrected chi connectivity index (χ1v) is 6.25. The van der Waals surface area contributed by atoms with E-state index in [1.54, 1.807) is 12.4 Å². The van der Waals surface area contributed by atoms with Crippen LogP contribution in [0.5, 0.6) is 11.6 Å². The van der Waals surface area contributed by atoms with Gasteiger partial charge in [0.25, 0.3) is 0 Å². The smallest absolute Gasteiger partial charge is 0.238 e. The van der Waals surface area contributed by atoms with E-state index in [1.807, 2.05) is 31.3 Å². The van der Waals surface area contributed by atoms with E-state index in [2.05, 4.69) is 37.9 Å². The van der Waals surface area contributed by atoms with Crippen LogP contribution in [-0.4, -0.2) is 17.0 Å². The van der Waals surface area contributed by atoms with Crippen LogP contribution < -0.4 is 10.1 Å². The number of aromatic nitrogens is 2. The summed E-state index contributed by atoms with van der Waals surface area (Å²) in [4.78, 5) is 8.43. The highest BCUT2D eigenvalue weighted by Gasteiger charge is 2.01. The Labute approximate surface area is 114 Å². The molecule has 1 N–H and O–H groups in total. The lowest BCUT2D eigenvalue weighted by atomic mass is 10.3. The average Bonchev–Trinajstić information content (AvgIpc) is 2.30. The zero-order valence-electron chi connectivity index (χ0n) is 9.35. The quantitative estimate of drug-likeness (QED) is 0.869. The standard InChI is InChI=1S/C12H12IN3O/c1-14-6-10-7-15-8-12(16-10)17-11-4-2-3-9(13)5-11/h2-5,7-8,14H,6H2,1H3. The second-order valence-electron chi connectivity index (χ2n) is 3.44. The van der Waals surface area contributed by atoms with E-state index >= 15 is 0 Å². The first-order valence-electron chi connectivity index (χ1n) is 5.17. The van der Waals surface area contributed by atoms with Crippen molar-refractivity contribution in [2.45, 2.75) is 6.54 Å². The molecule has 0 radical (unpaired) electrons. The fourth-order valence-electron chi connectivity index (χ4n) is 1.35. The molecular formula is C12H12IN3O. The number of hydrogen-bond acceptors (Lipinski definition) is 4. The summed E-state index contributed by atoms with van der Waals surface area (Å²) in [6.45, 7) is 0.677. The number of nitrogens with zero attached hydrogens (tertiary/aromatic N) is 2. The molecule has 1 heterocycles. The van der Waals surface area contributed by atoms with Crippen LogP contribution in [0.25, 0.3) is 0 Å². The lowest BCUT2D eigenvalue weighted by Crippen LogP contribution is -2.07. The van der Waals surface area contributed by atoms with E-state index in [4.69, 9.17) is 4.74 Å². The van der Waals surface area contributed by atoms with Crippen LogP contribution in [-0.2, 0) is 6.54 Å². The highest BCUT2D eigenvalue weighted by Crippen LogP contribution is 2.20. The van der Waals surface area contributed by atoms with Gasteiger partial charge in [0.2, 0.25) is 5.88 Å². The average molecular weight is 341 g/mol. The molecule has 88 valence electrons. The second kappa shape index (κ2) is 5.92. The maximum atomic E-state index is 5.64. The Hall–Kier alpha value is -1.21. The van der Waals surface area contributed by atoms with Gasteiger partial charge in [0.05, 0.1) is 11.9 Å². The van der Waals surface area contributed by atoms with Crippen LogP contribution in [0.15, 0.2) is 36.7 Å². The first kappa shape index (κ1) is 12.3. The van der Waals surface area contributed by atoms with Gasteiger partial charge in [0, 0.05) is 16.3 Å². The number of rotatable bonds is 4. The SMILES string of the molecule is CNCc1cncc(Oc2cccc(I)c2)n1. The molecule has 1 aromatic carbocycles. The monoisotopic (exact) mass is 341 g/mol. The Morgan fingerprint density at radius 2 is 2.24 bits per heavy atom. The molecule has 0 fully saturated rings. The van der Waals surface area contributed by atoms with Gasteiger partial charge in [0.15, 0.2) is 0 Å². The van der Waals surface area contributed by atoms with Crippen molar-refractivity contribution in [1.29, 1.82) is 0 Å². The molecular weight excluding hydrogens is 329 g/mol. The Bertz CT molecular complexity index is 505. The van der Waals surface area contributed by atoms with Gasteiger partial charge in [-0.15, -0.1) is 0 Å². The van der Waals surface area contributed by atoms with Crippen molar-refractivity contribution < 1.29 is 4.74 Å². The molecule has 0 spiro atoms. The summed E-state index contributed by atoms with van der Waals surface area (Å²) in [5.41, 5.74) is 0.857. The summed E-state index contributed by atoms with van der Waals surface area (Å²) in [7, 11) is 1.87. The molecule has 1 aromatic heterocycles. The van der Waals surface area contributed by atoms with Crippen molar-refractivity contribution in [2.24, 2.45) is 0 Å². The minimum atomic E-state index is 0.514. The molecule has 5 heteroatoms. The van der Waals surface area contributed by atoms with Gasteiger partial charge in [-0.25, -0.2) is 4.98 Å². The van der Waals surface area contributed by atoms with Crippen LogP contribution in [0.2, 0.25) is 0 Å². The minimum Gasteiger partial charge on any atom is -0.437 e. The highest BCUT2D eigenvalue weighted by molar-refractivity contribution is 14.1.